The van der Waals surface area contributed by atoms with Gasteiger partial charge in [0.1, 0.15) is 6.61 Å². The van der Waals surface area contributed by atoms with Crippen molar-refractivity contribution >= 4 is 28.2 Å². The molecule has 3 aromatic rings. The molecule has 1 saturated heterocycles. The lowest BCUT2D eigenvalue weighted by molar-refractivity contribution is -0.0494. The van der Waals surface area contributed by atoms with Gasteiger partial charge in [-0.05, 0) is 35.7 Å². The Balaban J connectivity index is 1.43. The van der Waals surface area contributed by atoms with Crippen molar-refractivity contribution in [3.8, 4) is 5.75 Å². The first kappa shape index (κ1) is 20.4. The fourth-order valence-corrected chi connectivity index (χ4v) is 4.19. The van der Waals surface area contributed by atoms with Crippen LogP contribution >= 0.6 is 0 Å². The van der Waals surface area contributed by atoms with E-state index in [2.05, 4.69) is 4.98 Å². The number of aryl methyl sites for hydroxylation is 1. The van der Waals surface area contributed by atoms with Crippen LogP contribution in [0.2, 0.25) is 0 Å². The maximum absolute atomic E-state index is 13.4. The number of nitrogens with zero attached hydrogens (tertiary/aromatic N) is 4. The molecular weight excluding hydrogens is 418 g/mol. The molecule has 1 aromatic carbocycles. The molecule has 0 spiro atoms. The third kappa shape index (κ3) is 3.57. The lowest BCUT2D eigenvalue weighted by Gasteiger charge is -2.33. The standard InChI is InChI=1S/C23H22F2N4O3/c1-27-7-4-15-12-17(2-3-18(15)22(27)31)29-10-11-32-19-13-16(14-26-20(19)29)21(30)28-8-5-23(24,25)6-9-28/h2-4,7,12-14H,5-6,8-11H2,1H3. The highest BCUT2D eigenvalue weighted by Gasteiger charge is 2.36. The quantitative estimate of drug-likeness (QED) is 0.612. The Kier molecular flexibility index (Phi) is 4.83. The highest BCUT2D eigenvalue weighted by molar-refractivity contribution is 5.95. The number of benzene rings is 1. The van der Waals surface area contributed by atoms with Crippen LogP contribution in [0.3, 0.4) is 0 Å². The van der Waals surface area contributed by atoms with Gasteiger partial charge in [-0.3, -0.25) is 9.59 Å². The van der Waals surface area contributed by atoms with Crippen LogP contribution in [0, 0.1) is 0 Å². The van der Waals surface area contributed by atoms with Gasteiger partial charge in [0.15, 0.2) is 11.6 Å². The van der Waals surface area contributed by atoms with E-state index in [1.165, 1.54) is 15.7 Å². The number of fused-ring (bicyclic) bond motifs is 2. The van der Waals surface area contributed by atoms with Crippen LogP contribution < -0.4 is 15.2 Å². The number of hydrogen-bond acceptors (Lipinski definition) is 5. The van der Waals surface area contributed by atoms with E-state index in [-0.39, 0.29) is 37.4 Å². The number of rotatable bonds is 2. The predicted molar refractivity (Wildman–Crippen MR) is 116 cm³/mol. The number of carbonyl (C=O) groups excluding carboxylic acids is 1. The third-order valence-corrected chi connectivity index (χ3v) is 6.07. The van der Waals surface area contributed by atoms with E-state index in [1.807, 2.05) is 23.1 Å². The highest BCUT2D eigenvalue weighted by atomic mass is 19.3. The lowest BCUT2D eigenvalue weighted by atomic mass is 10.1. The van der Waals surface area contributed by atoms with Crippen molar-refractivity contribution in [3.05, 3.63) is 58.6 Å². The molecule has 4 heterocycles. The first-order valence-electron chi connectivity index (χ1n) is 10.5. The molecule has 9 heteroatoms. The van der Waals surface area contributed by atoms with Crippen molar-refractivity contribution in [1.29, 1.82) is 0 Å². The summed E-state index contributed by atoms with van der Waals surface area (Å²) < 4.78 is 34.1. The molecule has 1 amide bonds. The molecule has 2 aliphatic heterocycles. The molecule has 166 valence electrons. The number of aromatic nitrogens is 2. The maximum atomic E-state index is 13.4. The van der Waals surface area contributed by atoms with Crippen molar-refractivity contribution in [2.75, 3.05) is 31.1 Å². The summed E-state index contributed by atoms with van der Waals surface area (Å²) in [6, 6.07) is 9.11. The Bertz CT molecular complexity index is 1260. The zero-order valence-electron chi connectivity index (χ0n) is 17.6. The normalized spacial score (nSPS) is 17.7. The van der Waals surface area contributed by atoms with Crippen molar-refractivity contribution < 1.29 is 18.3 Å². The van der Waals surface area contributed by atoms with Crippen molar-refractivity contribution in [2.24, 2.45) is 7.05 Å². The molecule has 0 radical (unpaired) electrons. The molecule has 0 atom stereocenters. The Morgan fingerprint density at radius 3 is 2.69 bits per heavy atom. The molecule has 0 N–H and O–H groups in total. The van der Waals surface area contributed by atoms with Gasteiger partial charge in [-0.25, -0.2) is 13.8 Å². The van der Waals surface area contributed by atoms with Crippen LogP contribution in [0.1, 0.15) is 23.2 Å². The van der Waals surface area contributed by atoms with Crippen molar-refractivity contribution in [3.63, 3.8) is 0 Å². The van der Waals surface area contributed by atoms with Gasteiger partial charge in [0, 0.05) is 56.4 Å². The maximum Gasteiger partial charge on any atom is 0.258 e. The van der Waals surface area contributed by atoms with Crippen LogP contribution in [0.15, 0.2) is 47.5 Å². The fourth-order valence-electron chi connectivity index (χ4n) is 4.19. The molecule has 2 aromatic heterocycles. The summed E-state index contributed by atoms with van der Waals surface area (Å²) in [6.07, 6.45) is 2.54. The summed E-state index contributed by atoms with van der Waals surface area (Å²) in [5, 5.41) is 1.46. The Labute approximate surface area is 182 Å². The molecule has 7 nitrogen and oxygen atoms in total. The number of likely N-dealkylation sites (tertiary alicyclic amines) is 1. The molecule has 0 unspecified atom stereocenters. The van der Waals surface area contributed by atoms with Gasteiger partial charge >= 0.3 is 0 Å². The minimum atomic E-state index is -2.71. The van der Waals surface area contributed by atoms with Gasteiger partial charge in [-0.2, -0.15) is 0 Å². The zero-order chi connectivity index (χ0) is 22.5. The van der Waals surface area contributed by atoms with Gasteiger partial charge in [0.05, 0.1) is 12.1 Å². The summed E-state index contributed by atoms with van der Waals surface area (Å²) in [7, 11) is 1.71. The summed E-state index contributed by atoms with van der Waals surface area (Å²) >= 11 is 0. The van der Waals surface area contributed by atoms with Gasteiger partial charge in [-0.15, -0.1) is 0 Å². The first-order valence-corrected chi connectivity index (χ1v) is 10.5. The average Bonchev–Trinajstić information content (AvgIpc) is 2.80. The number of piperidine rings is 1. The molecule has 2 aliphatic rings. The topological polar surface area (TPSA) is 67.7 Å². The number of anilines is 2. The van der Waals surface area contributed by atoms with E-state index < -0.39 is 5.92 Å². The van der Waals surface area contributed by atoms with E-state index in [0.717, 1.165) is 11.1 Å². The summed E-state index contributed by atoms with van der Waals surface area (Å²) in [5.74, 6) is -1.99. The Morgan fingerprint density at radius 1 is 1.12 bits per heavy atom. The van der Waals surface area contributed by atoms with E-state index in [4.69, 9.17) is 4.74 Å². The van der Waals surface area contributed by atoms with E-state index in [9.17, 15) is 18.4 Å². The van der Waals surface area contributed by atoms with Gasteiger partial charge < -0.3 is 19.1 Å². The van der Waals surface area contributed by atoms with Crippen molar-refractivity contribution in [1.82, 2.24) is 14.5 Å². The van der Waals surface area contributed by atoms with Crippen LogP contribution in [0.25, 0.3) is 10.8 Å². The average molecular weight is 440 g/mol. The van der Waals surface area contributed by atoms with Gasteiger partial charge in [0.25, 0.3) is 17.4 Å². The molecule has 0 aliphatic carbocycles. The van der Waals surface area contributed by atoms with Gasteiger partial charge in [-0.1, -0.05) is 0 Å². The predicted octanol–water partition coefficient (Wildman–Crippen LogP) is 3.34. The van der Waals surface area contributed by atoms with E-state index in [1.54, 1.807) is 25.4 Å². The molecule has 5 rings (SSSR count). The Hall–Kier alpha value is -3.49. The first-order chi connectivity index (χ1) is 15.3. The summed E-state index contributed by atoms with van der Waals surface area (Å²) in [6.45, 7) is 1.00. The largest absolute Gasteiger partial charge is 0.488 e. The number of halogens is 2. The number of hydrogen-bond donors (Lipinski definition) is 0. The van der Waals surface area contributed by atoms with Gasteiger partial charge in [0.2, 0.25) is 0 Å². The minimum absolute atomic E-state index is 0.0203. The van der Waals surface area contributed by atoms with E-state index >= 15 is 0 Å². The molecule has 1 fully saturated rings. The number of carbonyl (C=O) groups is 1. The van der Waals surface area contributed by atoms with Crippen LogP contribution in [-0.4, -0.2) is 52.5 Å². The summed E-state index contributed by atoms with van der Waals surface area (Å²) in [5.41, 5.74) is 1.12. The van der Waals surface area contributed by atoms with E-state index in [0.29, 0.717) is 35.7 Å². The number of ether oxygens (including phenoxy) is 1. The second-order valence-electron chi connectivity index (χ2n) is 8.20. The highest BCUT2D eigenvalue weighted by Crippen LogP contribution is 2.36. The second-order valence-corrected chi connectivity index (χ2v) is 8.20. The zero-order valence-corrected chi connectivity index (χ0v) is 17.6. The fraction of sp³-hybridized carbons (Fsp3) is 0.348. The second kappa shape index (κ2) is 7.58. The number of pyridine rings is 2. The monoisotopic (exact) mass is 440 g/mol. The SMILES string of the molecule is Cn1ccc2cc(N3CCOc4cc(C(=O)N5CCC(F)(F)CC5)cnc43)ccc2c1=O. The molecular formula is C23H22F2N4O3. The molecule has 32 heavy (non-hydrogen) atoms. The smallest absolute Gasteiger partial charge is 0.258 e. The summed E-state index contributed by atoms with van der Waals surface area (Å²) in [4.78, 5) is 33.0. The molecule has 0 saturated carbocycles. The number of amides is 1. The molecule has 0 bridgehead atoms. The lowest BCUT2D eigenvalue weighted by Crippen LogP contribution is -2.42. The minimum Gasteiger partial charge on any atom is -0.488 e. The van der Waals surface area contributed by atoms with Crippen LogP contribution in [0.5, 0.6) is 5.75 Å². The number of alkyl halides is 2. The van der Waals surface area contributed by atoms with Crippen LogP contribution in [0.4, 0.5) is 20.3 Å². The van der Waals surface area contributed by atoms with Crippen LogP contribution in [-0.2, 0) is 7.05 Å². The Morgan fingerprint density at radius 2 is 1.91 bits per heavy atom. The van der Waals surface area contributed by atoms with Crippen molar-refractivity contribution in [2.45, 2.75) is 18.8 Å². The third-order valence-electron chi connectivity index (χ3n) is 6.07.